The third-order valence-electron chi connectivity index (χ3n) is 2.46. The summed E-state index contributed by atoms with van der Waals surface area (Å²) in [5.41, 5.74) is 6.13. The number of nitro groups is 1. The molecule has 3 N–H and O–H groups in total. The van der Waals surface area contributed by atoms with E-state index in [-0.39, 0.29) is 18.0 Å². The van der Waals surface area contributed by atoms with Crippen LogP contribution in [0.3, 0.4) is 0 Å². The van der Waals surface area contributed by atoms with E-state index in [1.165, 1.54) is 12.1 Å². The van der Waals surface area contributed by atoms with Crippen LogP contribution >= 0.6 is 0 Å². The molecule has 0 unspecified atom stereocenters. The highest BCUT2D eigenvalue weighted by molar-refractivity contribution is 5.78. The van der Waals surface area contributed by atoms with E-state index in [2.05, 4.69) is 5.32 Å². The number of nitro benzene ring substituents is 1. The molecule has 0 fully saturated rings. The summed E-state index contributed by atoms with van der Waals surface area (Å²) in [6.07, 6.45) is 1.99. The monoisotopic (exact) mass is 251 g/mol. The number of nitrogens with zero attached hydrogens (tertiary/aromatic N) is 1. The minimum absolute atomic E-state index is 0.0297. The van der Waals surface area contributed by atoms with Gasteiger partial charge in [0.15, 0.2) is 0 Å². The summed E-state index contributed by atoms with van der Waals surface area (Å²) in [5.74, 6) is -0.0825. The fourth-order valence-electron chi connectivity index (χ4n) is 1.48. The van der Waals surface area contributed by atoms with Gasteiger partial charge in [-0.2, -0.15) is 0 Å². The van der Waals surface area contributed by atoms with Crippen molar-refractivity contribution in [1.29, 1.82) is 0 Å². The topological polar surface area (TPSA) is 98.3 Å². The van der Waals surface area contributed by atoms with Gasteiger partial charge in [-0.15, -0.1) is 0 Å². The van der Waals surface area contributed by atoms with Crippen molar-refractivity contribution in [2.24, 2.45) is 5.73 Å². The minimum atomic E-state index is -0.462. The molecular formula is C12H17N3O3. The van der Waals surface area contributed by atoms with E-state index >= 15 is 0 Å². The zero-order chi connectivity index (χ0) is 13.4. The van der Waals surface area contributed by atoms with Crippen LogP contribution in [-0.2, 0) is 11.2 Å². The summed E-state index contributed by atoms with van der Waals surface area (Å²) in [5, 5.41) is 13.2. The maximum absolute atomic E-state index is 11.5. The smallest absolute Gasteiger partial charge is 0.269 e. The molecule has 0 aliphatic heterocycles. The number of non-ortho nitro benzene ring substituents is 1. The van der Waals surface area contributed by atoms with Crippen LogP contribution in [0.25, 0.3) is 0 Å². The molecule has 0 saturated carbocycles. The van der Waals surface area contributed by atoms with E-state index in [9.17, 15) is 14.9 Å². The lowest BCUT2D eigenvalue weighted by Gasteiger charge is -2.04. The average Bonchev–Trinajstić information content (AvgIpc) is 2.35. The zero-order valence-corrected chi connectivity index (χ0v) is 10.1. The number of unbranched alkanes of at least 4 members (excludes halogenated alkanes) is 1. The van der Waals surface area contributed by atoms with Crippen LogP contribution in [0.5, 0.6) is 0 Å². The molecule has 0 heterocycles. The first kappa shape index (κ1) is 14.1. The SMILES string of the molecule is NCCCCNC(=O)Cc1ccc([N+](=O)[O-])cc1. The molecule has 98 valence electrons. The second-order valence-corrected chi connectivity index (χ2v) is 3.95. The summed E-state index contributed by atoms with van der Waals surface area (Å²) >= 11 is 0. The lowest BCUT2D eigenvalue weighted by Crippen LogP contribution is -2.26. The van der Waals surface area contributed by atoms with E-state index < -0.39 is 4.92 Å². The molecule has 0 atom stereocenters. The molecule has 1 amide bonds. The molecule has 0 spiro atoms. The Kier molecular flexibility index (Phi) is 5.79. The van der Waals surface area contributed by atoms with Gasteiger partial charge in [-0.1, -0.05) is 12.1 Å². The summed E-state index contributed by atoms with van der Waals surface area (Å²) in [6, 6.07) is 5.99. The Morgan fingerprint density at radius 1 is 1.28 bits per heavy atom. The lowest BCUT2D eigenvalue weighted by molar-refractivity contribution is -0.384. The number of nitrogens with two attached hydrogens (primary N) is 1. The number of rotatable bonds is 7. The summed E-state index contributed by atoms with van der Waals surface area (Å²) in [4.78, 5) is 21.5. The Morgan fingerprint density at radius 3 is 2.50 bits per heavy atom. The van der Waals surface area contributed by atoms with Crippen LogP contribution in [0.4, 0.5) is 5.69 Å². The maximum atomic E-state index is 11.5. The predicted octanol–water partition coefficient (Wildman–Crippen LogP) is 0.992. The van der Waals surface area contributed by atoms with E-state index in [1.807, 2.05) is 0 Å². The molecule has 1 aromatic carbocycles. The van der Waals surface area contributed by atoms with E-state index in [0.717, 1.165) is 18.4 Å². The van der Waals surface area contributed by atoms with Gasteiger partial charge in [0.1, 0.15) is 0 Å². The van der Waals surface area contributed by atoms with Crippen molar-refractivity contribution < 1.29 is 9.72 Å². The van der Waals surface area contributed by atoms with E-state index in [4.69, 9.17) is 5.73 Å². The summed E-state index contributed by atoms with van der Waals surface area (Å²) < 4.78 is 0. The Hall–Kier alpha value is -1.95. The van der Waals surface area contributed by atoms with E-state index in [0.29, 0.717) is 13.1 Å². The van der Waals surface area contributed by atoms with Gasteiger partial charge in [0.05, 0.1) is 11.3 Å². The van der Waals surface area contributed by atoms with Crippen LogP contribution in [0, 0.1) is 10.1 Å². The third-order valence-corrected chi connectivity index (χ3v) is 2.46. The first-order valence-corrected chi connectivity index (χ1v) is 5.83. The van der Waals surface area contributed by atoms with Crippen LogP contribution in [0.2, 0.25) is 0 Å². The quantitative estimate of drug-likeness (QED) is 0.429. The van der Waals surface area contributed by atoms with Crippen molar-refractivity contribution in [2.45, 2.75) is 19.3 Å². The van der Waals surface area contributed by atoms with Gasteiger partial charge in [-0.05, 0) is 24.9 Å². The molecule has 0 aromatic heterocycles. The number of carbonyl (C=O) groups is 1. The molecule has 0 aliphatic carbocycles. The zero-order valence-electron chi connectivity index (χ0n) is 10.1. The minimum Gasteiger partial charge on any atom is -0.356 e. The number of amides is 1. The summed E-state index contributed by atoms with van der Waals surface area (Å²) in [7, 11) is 0. The second kappa shape index (κ2) is 7.39. The van der Waals surface area contributed by atoms with Crippen molar-refractivity contribution in [3.05, 3.63) is 39.9 Å². The van der Waals surface area contributed by atoms with Gasteiger partial charge in [0, 0.05) is 18.7 Å². The van der Waals surface area contributed by atoms with Gasteiger partial charge < -0.3 is 11.1 Å². The van der Waals surface area contributed by atoms with Gasteiger partial charge in [0.25, 0.3) is 5.69 Å². The highest BCUT2D eigenvalue weighted by atomic mass is 16.6. The maximum Gasteiger partial charge on any atom is 0.269 e. The predicted molar refractivity (Wildman–Crippen MR) is 68.1 cm³/mol. The molecule has 0 bridgehead atoms. The van der Waals surface area contributed by atoms with E-state index in [1.54, 1.807) is 12.1 Å². The van der Waals surface area contributed by atoms with Gasteiger partial charge in [0.2, 0.25) is 5.91 Å². The molecule has 0 aliphatic rings. The second-order valence-electron chi connectivity index (χ2n) is 3.95. The Morgan fingerprint density at radius 2 is 1.94 bits per heavy atom. The molecule has 6 heteroatoms. The number of hydrogen-bond acceptors (Lipinski definition) is 4. The Labute approximate surface area is 105 Å². The molecule has 1 aromatic rings. The fraction of sp³-hybridized carbons (Fsp3) is 0.417. The third kappa shape index (κ3) is 4.92. The molecule has 0 saturated heterocycles. The van der Waals surface area contributed by atoms with Crippen molar-refractivity contribution in [2.75, 3.05) is 13.1 Å². The van der Waals surface area contributed by atoms with Crippen LogP contribution in [-0.4, -0.2) is 23.9 Å². The van der Waals surface area contributed by atoms with Gasteiger partial charge in [-0.25, -0.2) is 0 Å². The highest BCUT2D eigenvalue weighted by Crippen LogP contribution is 2.12. The van der Waals surface area contributed by atoms with Crippen molar-refractivity contribution in [1.82, 2.24) is 5.32 Å². The first-order valence-electron chi connectivity index (χ1n) is 5.83. The standard InChI is InChI=1S/C12H17N3O3/c13-7-1-2-8-14-12(16)9-10-3-5-11(6-4-10)15(17)18/h3-6H,1-2,7-9,13H2,(H,14,16). The normalized spacial score (nSPS) is 10.1. The number of hydrogen-bond donors (Lipinski definition) is 2. The molecule has 18 heavy (non-hydrogen) atoms. The Balaban J connectivity index is 2.37. The number of carbonyl (C=O) groups excluding carboxylic acids is 1. The highest BCUT2D eigenvalue weighted by Gasteiger charge is 2.06. The molecule has 0 radical (unpaired) electrons. The lowest BCUT2D eigenvalue weighted by atomic mass is 10.1. The van der Waals surface area contributed by atoms with Crippen molar-refractivity contribution in [3.63, 3.8) is 0 Å². The van der Waals surface area contributed by atoms with Crippen LogP contribution in [0.15, 0.2) is 24.3 Å². The van der Waals surface area contributed by atoms with Crippen molar-refractivity contribution >= 4 is 11.6 Å². The first-order chi connectivity index (χ1) is 8.63. The fourth-order valence-corrected chi connectivity index (χ4v) is 1.48. The molecular weight excluding hydrogens is 234 g/mol. The number of nitrogens with one attached hydrogen (secondary N) is 1. The molecule has 1 rings (SSSR count). The van der Waals surface area contributed by atoms with Gasteiger partial charge >= 0.3 is 0 Å². The average molecular weight is 251 g/mol. The largest absolute Gasteiger partial charge is 0.356 e. The van der Waals surface area contributed by atoms with Crippen LogP contribution < -0.4 is 11.1 Å². The number of benzene rings is 1. The Bertz CT molecular complexity index is 404. The van der Waals surface area contributed by atoms with Gasteiger partial charge in [-0.3, -0.25) is 14.9 Å². The summed E-state index contributed by atoms with van der Waals surface area (Å²) in [6.45, 7) is 1.24. The van der Waals surface area contributed by atoms with Crippen molar-refractivity contribution in [3.8, 4) is 0 Å². The molecule has 6 nitrogen and oxygen atoms in total. The van der Waals surface area contributed by atoms with Crippen LogP contribution in [0.1, 0.15) is 18.4 Å².